The number of amides is 3. The van der Waals surface area contributed by atoms with E-state index in [0.717, 1.165) is 0 Å². The zero-order chi connectivity index (χ0) is 11.8. The van der Waals surface area contributed by atoms with Gasteiger partial charge in [-0.25, -0.2) is 9.18 Å². The zero-order valence-corrected chi connectivity index (χ0v) is 9.51. The Labute approximate surface area is 103 Å². The molecule has 1 atom stereocenters. The quantitative estimate of drug-likeness (QED) is 0.665. The van der Waals surface area contributed by atoms with E-state index in [-0.39, 0.29) is 19.0 Å². The molecule has 0 aromatic heterocycles. The number of carbonyl (C=O) groups excluding carboxylic acids is 2. The van der Waals surface area contributed by atoms with Gasteiger partial charge in [-0.15, -0.1) is 12.4 Å². The van der Waals surface area contributed by atoms with Crippen molar-refractivity contribution in [1.29, 1.82) is 0 Å². The summed E-state index contributed by atoms with van der Waals surface area (Å²) < 4.78 is 12.8. The van der Waals surface area contributed by atoms with Crippen LogP contribution in [-0.2, 0) is 10.3 Å². The van der Waals surface area contributed by atoms with Gasteiger partial charge in [0.2, 0.25) is 0 Å². The van der Waals surface area contributed by atoms with Crippen LogP contribution in [-0.4, -0.2) is 18.5 Å². The van der Waals surface area contributed by atoms with E-state index in [1.165, 1.54) is 24.3 Å². The van der Waals surface area contributed by atoms with Crippen LogP contribution in [0.25, 0.3) is 0 Å². The van der Waals surface area contributed by atoms with Crippen molar-refractivity contribution in [1.82, 2.24) is 10.6 Å². The van der Waals surface area contributed by atoms with Gasteiger partial charge in [0, 0.05) is 6.54 Å². The largest absolute Gasteiger partial charge is 0.327 e. The fraction of sp³-hybridized carbons (Fsp3) is 0.200. The molecule has 1 aliphatic heterocycles. The Morgan fingerprint density at radius 1 is 1.24 bits per heavy atom. The predicted octanol–water partition coefficient (Wildman–Crippen LogP) is 0.241. The van der Waals surface area contributed by atoms with Crippen LogP contribution < -0.4 is 16.4 Å². The monoisotopic (exact) mass is 259 g/mol. The first-order valence-corrected chi connectivity index (χ1v) is 4.68. The van der Waals surface area contributed by atoms with Gasteiger partial charge in [0.05, 0.1) is 0 Å². The number of hydrogen-bond acceptors (Lipinski definition) is 3. The number of imide groups is 1. The second-order valence-corrected chi connectivity index (χ2v) is 3.52. The van der Waals surface area contributed by atoms with Crippen LogP contribution in [0.1, 0.15) is 5.56 Å². The molecule has 0 spiro atoms. The van der Waals surface area contributed by atoms with E-state index in [1.54, 1.807) is 0 Å². The highest BCUT2D eigenvalue weighted by Gasteiger charge is 2.46. The van der Waals surface area contributed by atoms with Gasteiger partial charge < -0.3 is 11.1 Å². The number of urea groups is 1. The minimum atomic E-state index is -1.29. The Bertz CT molecular complexity index is 451. The van der Waals surface area contributed by atoms with Gasteiger partial charge in [-0.1, -0.05) is 12.1 Å². The summed E-state index contributed by atoms with van der Waals surface area (Å²) in [6, 6.07) is 4.68. The first kappa shape index (κ1) is 13.4. The lowest BCUT2D eigenvalue weighted by molar-refractivity contribution is -0.123. The molecule has 0 aliphatic carbocycles. The summed E-state index contributed by atoms with van der Waals surface area (Å²) in [7, 11) is 0. The summed E-state index contributed by atoms with van der Waals surface area (Å²) in [6.07, 6.45) is 0. The van der Waals surface area contributed by atoms with Crippen LogP contribution in [0.15, 0.2) is 24.3 Å². The fourth-order valence-corrected chi connectivity index (χ4v) is 1.69. The van der Waals surface area contributed by atoms with Gasteiger partial charge in [-0.2, -0.15) is 0 Å². The second kappa shape index (κ2) is 4.68. The normalized spacial score (nSPS) is 22.7. The SMILES string of the molecule is Cl.NCC1(c2ccc(F)cc2)NC(=O)NC1=O. The molecule has 1 aliphatic rings. The van der Waals surface area contributed by atoms with Crippen molar-refractivity contribution in [2.24, 2.45) is 5.73 Å². The van der Waals surface area contributed by atoms with Crippen LogP contribution in [0.3, 0.4) is 0 Å². The van der Waals surface area contributed by atoms with Gasteiger partial charge in [0.25, 0.3) is 5.91 Å². The predicted molar refractivity (Wildman–Crippen MR) is 61.1 cm³/mol. The topological polar surface area (TPSA) is 84.2 Å². The number of nitrogens with two attached hydrogens (primary N) is 1. The molecule has 0 bridgehead atoms. The summed E-state index contributed by atoms with van der Waals surface area (Å²) in [5.74, 6) is -0.938. The first-order valence-electron chi connectivity index (χ1n) is 4.68. The van der Waals surface area contributed by atoms with E-state index in [0.29, 0.717) is 5.56 Å². The lowest BCUT2D eigenvalue weighted by Gasteiger charge is -2.24. The molecule has 1 aromatic rings. The third kappa shape index (κ3) is 2.09. The molecular formula is C10H11ClFN3O2. The minimum absolute atomic E-state index is 0. The van der Waals surface area contributed by atoms with Crippen LogP contribution in [0.2, 0.25) is 0 Å². The lowest BCUT2D eigenvalue weighted by atomic mass is 9.90. The van der Waals surface area contributed by atoms with Crippen LogP contribution >= 0.6 is 12.4 Å². The van der Waals surface area contributed by atoms with Crippen LogP contribution in [0, 0.1) is 5.82 Å². The number of nitrogens with one attached hydrogen (secondary N) is 2. The standard InChI is InChI=1S/C10H10FN3O2.ClH/c11-7-3-1-6(2-4-7)10(5-12)8(15)13-9(16)14-10;/h1-4H,5,12H2,(H2,13,14,15,16);1H. The Balaban J connectivity index is 0.00000144. The maximum absolute atomic E-state index is 12.8. The molecule has 3 amide bonds. The van der Waals surface area contributed by atoms with Crippen molar-refractivity contribution < 1.29 is 14.0 Å². The molecule has 0 saturated carbocycles. The minimum Gasteiger partial charge on any atom is -0.327 e. The van der Waals surface area contributed by atoms with Gasteiger partial charge in [-0.3, -0.25) is 10.1 Å². The highest BCUT2D eigenvalue weighted by Crippen LogP contribution is 2.23. The molecule has 1 fully saturated rings. The summed E-state index contributed by atoms with van der Waals surface area (Å²) in [5.41, 5.74) is 4.69. The van der Waals surface area contributed by atoms with Gasteiger partial charge in [-0.05, 0) is 17.7 Å². The zero-order valence-electron chi connectivity index (χ0n) is 8.70. The molecule has 0 radical (unpaired) electrons. The second-order valence-electron chi connectivity index (χ2n) is 3.52. The smallest absolute Gasteiger partial charge is 0.322 e. The van der Waals surface area contributed by atoms with Crippen LogP contribution in [0.5, 0.6) is 0 Å². The van der Waals surface area contributed by atoms with Crippen molar-refractivity contribution >= 4 is 24.3 Å². The van der Waals surface area contributed by atoms with Crippen molar-refractivity contribution in [3.8, 4) is 0 Å². The van der Waals surface area contributed by atoms with Gasteiger partial charge in [0.15, 0.2) is 5.54 Å². The molecule has 2 rings (SSSR count). The Hall–Kier alpha value is -1.66. The van der Waals surface area contributed by atoms with Crippen molar-refractivity contribution in [2.75, 3.05) is 6.54 Å². The Morgan fingerprint density at radius 3 is 2.24 bits per heavy atom. The van der Waals surface area contributed by atoms with E-state index >= 15 is 0 Å². The Morgan fingerprint density at radius 2 is 1.82 bits per heavy atom. The molecule has 92 valence electrons. The molecule has 7 heteroatoms. The third-order valence-electron chi connectivity index (χ3n) is 2.58. The fourth-order valence-electron chi connectivity index (χ4n) is 1.69. The van der Waals surface area contributed by atoms with Gasteiger partial charge in [0.1, 0.15) is 5.82 Å². The van der Waals surface area contributed by atoms with E-state index in [2.05, 4.69) is 10.6 Å². The highest BCUT2D eigenvalue weighted by molar-refractivity contribution is 6.07. The van der Waals surface area contributed by atoms with Crippen molar-refractivity contribution in [3.63, 3.8) is 0 Å². The number of benzene rings is 1. The number of carbonyl (C=O) groups is 2. The highest BCUT2D eigenvalue weighted by atomic mass is 35.5. The molecular weight excluding hydrogens is 249 g/mol. The first-order chi connectivity index (χ1) is 7.58. The van der Waals surface area contributed by atoms with Gasteiger partial charge >= 0.3 is 6.03 Å². The molecule has 1 unspecified atom stereocenters. The molecule has 4 N–H and O–H groups in total. The third-order valence-corrected chi connectivity index (χ3v) is 2.58. The van der Waals surface area contributed by atoms with E-state index < -0.39 is 23.3 Å². The maximum atomic E-state index is 12.8. The molecule has 1 aromatic carbocycles. The average Bonchev–Trinajstić information content (AvgIpc) is 2.55. The number of halogens is 2. The van der Waals surface area contributed by atoms with E-state index in [1.807, 2.05) is 0 Å². The molecule has 1 heterocycles. The molecule has 17 heavy (non-hydrogen) atoms. The lowest BCUT2D eigenvalue weighted by Crippen LogP contribution is -2.49. The molecule has 1 saturated heterocycles. The Kier molecular flexibility index (Phi) is 3.69. The van der Waals surface area contributed by atoms with Crippen molar-refractivity contribution in [2.45, 2.75) is 5.54 Å². The molecule has 5 nitrogen and oxygen atoms in total. The summed E-state index contributed by atoms with van der Waals surface area (Å²) in [4.78, 5) is 22.8. The maximum Gasteiger partial charge on any atom is 0.322 e. The van der Waals surface area contributed by atoms with E-state index in [9.17, 15) is 14.0 Å². The number of hydrogen-bond donors (Lipinski definition) is 3. The summed E-state index contributed by atoms with van der Waals surface area (Å²) in [5, 5.41) is 4.56. The summed E-state index contributed by atoms with van der Waals surface area (Å²) in [6.45, 7) is -0.0871. The average molecular weight is 260 g/mol. The number of rotatable bonds is 2. The van der Waals surface area contributed by atoms with Crippen molar-refractivity contribution in [3.05, 3.63) is 35.6 Å². The summed E-state index contributed by atoms with van der Waals surface area (Å²) >= 11 is 0. The van der Waals surface area contributed by atoms with E-state index in [4.69, 9.17) is 5.73 Å². The van der Waals surface area contributed by atoms with Crippen LogP contribution in [0.4, 0.5) is 9.18 Å².